The lowest BCUT2D eigenvalue weighted by Gasteiger charge is -2.09. The molecular weight excluding hydrogens is 283 g/mol. The topological polar surface area (TPSA) is 81.4 Å². The van der Waals surface area contributed by atoms with Crippen LogP contribution >= 0.6 is 11.6 Å². The van der Waals surface area contributed by atoms with Crippen LogP contribution in [0.5, 0.6) is 0 Å². The number of ether oxygens (including phenoxy) is 1. The molecule has 8 heteroatoms. The van der Waals surface area contributed by atoms with Gasteiger partial charge in [-0.25, -0.2) is 17.5 Å². The van der Waals surface area contributed by atoms with E-state index in [1.807, 2.05) is 0 Å². The number of benzene rings is 1. The summed E-state index contributed by atoms with van der Waals surface area (Å²) in [6.45, 7) is 2.50. The SMILES string of the molecule is CCOCCNS(=O)(=O)c1cc(Cl)cc(N)c1F. The number of anilines is 1. The van der Waals surface area contributed by atoms with Crippen molar-refractivity contribution in [2.45, 2.75) is 11.8 Å². The maximum Gasteiger partial charge on any atom is 0.243 e. The highest BCUT2D eigenvalue weighted by Gasteiger charge is 2.21. The van der Waals surface area contributed by atoms with Crippen molar-refractivity contribution >= 4 is 27.3 Å². The molecule has 0 saturated heterocycles. The molecule has 0 spiro atoms. The number of hydrogen-bond donors (Lipinski definition) is 2. The van der Waals surface area contributed by atoms with Crippen LogP contribution < -0.4 is 10.5 Å². The Labute approximate surface area is 110 Å². The van der Waals surface area contributed by atoms with Crippen LogP contribution in [0.1, 0.15) is 6.92 Å². The lowest BCUT2D eigenvalue weighted by atomic mass is 10.3. The Morgan fingerprint density at radius 1 is 1.50 bits per heavy atom. The van der Waals surface area contributed by atoms with Crippen molar-refractivity contribution in [3.05, 3.63) is 23.0 Å². The Morgan fingerprint density at radius 3 is 2.78 bits per heavy atom. The summed E-state index contributed by atoms with van der Waals surface area (Å²) in [5.41, 5.74) is 5.01. The molecule has 0 radical (unpaired) electrons. The van der Waals surface area contributed by atoms with E-state index in [1.165, 1.54) is 0 Å². The molecule has 0 aliphatic carbocycles. The molecule has 18 heavy (non-hydrogen) atoms. The predicted octanol–water partition coefficient (Wildman–Crippen LogP) is 1.38. The van der Waals surface area contributed by atoms with E-state index in [2.05, 4.69) is 4.72 Å². The van der Waals surface area contributed by atoms with Gasteiger partial charge in [-0.15, -0.1) is 0 Å². The molecule has 102 valence electrons. The molecule has 0 fully saturated rings. The first kappa shape index (κ1) is 15.2. The van der Waals surface area contributed by atoms with Gasteiger partial charge in [0, 0.05) is 18.2 Å². The summed E-state index contributed by atoms with van der Waals surface area (Å²) in [6.07, 6.45) is 0. The third-order valence-electron chi connectivity index (χ3n) is 2.06. The second-order valence-electron chi connectivity index (χ2n) is 3.40. The monoisotopic (exact) mass is 296 g/mol. The quantitative estimate of drug-likeness (QED) is 0.614. The first-order valence-electron chi connectivity index (χ1n) is 5.20. The van der Waals surface area contributed by atoms with Crippen molar-refractivity contribution in [1.82, 2.24) is 4.72 Å². The van der Waals surface area contributed by atoms with Crippen LogP contribution in [-0.4, -0.2) is 28.2 Å². The van der Waals surface area contributed by atoms with Crippen molar-refractivity contribution in [3.8, 4) is 0 Å². The highest BCUT2D eigenvalue weighted by Crippen LogP contribution is 2.24. The van der Waals surface area contributed by atoms with Gasteiger partial charge in [0.25, 0.3) is 0 Å². The zero-order valence-electron chi connectivity index (χ0n) is 9.74. The van der Waals surface area contributed by atoms with Crippen molar-refractivity contribution in [3.63, 3.8) is 0 Å². The van der Waals surface area contributed by atoms with Gasteiger partial charge in [-0.2, -0.15) is 0 Å². The molecule has 0 atom stereocenters. The highest BCUT2D eigenvalue weighted by molar-refractivity contribution is 7.89. The van der Waals surface area contributed by atoms with Gasteiger partial charge in [-0.05, 0) is 19.1 Å². The molecule has 3 N–H and O–H groups in total. The van der Waals surface area contributed by atoms with E-state index in [-0.39, 0.29) is 23.9 Å². The number of hydrogen-bond acceptors (Lipinski definition) is 4. The van der Waals surface area contributed by atoms with Crippen LogP contribution in [0.4, 0.5) is 10.1 Å². The number of nitrogens with one attached hydrogen (secondary N) is 1. The summed E-state index contributed by atoms with van der Waals surface area (Å²) >= 11 is 5.65. The lowest BCUT2D eigenvalue weighted by Crippen LogP contribution is -2.28. The van der Waals surface area contributed by atoms with Crippen LogP contribution in [0.15, 0.2) is 17.0 Å². The zero-order chi connectivity index (χ0) is 13.8. The smallest absolute Gasteiger partial charge is 0.243 e. The van der Waals surface area contributed by atoms with E-state index in [4.69, 9.17) is 22.1 Å². The molecular formula is C10H14ClFN2O3S. The van der Waals surface area contributed by atoms with Gasteiger partial charge in [0.05, 0.1) is 12.3 Å². The third-order valence-corrected chi connectivity index (χ3v) is 3.74. The summed E-state index contributed by atoms with van der Waals surface area (Å²) in [6, 6.07) is 2.16. The molecule has 0 aromatic heterocycles. The van der Waals surface area contributed by atoms with E-state index in [0.717, 1.165) is 12.1 Å². The minimum Gasteiger partial charge on any atom is -0.396 e. The largest absolute Gasteiger partial charge is 0.396 e. The molecule has 0 saturated carbocycles. The maximum atomic E-state index is 13.6. The molecule has 1 aromatic rings. The fourth-order valence-electron chi connectivity index (χ4n) is 1.25. The van der Waals surface area contributed by atoms with Gasteiger partial charge in [-0.1, -0.05) is 11.6 Å². The fraction of sp³-hybridized carbons (Fsp3) is 0.400. The van der Waals surface area contributed by atoms with Crippen molar-refractivity contribution in [2.75, 3.05) is 25.5 Å². The van der Waals surface area contributed by atoms with E-state index >= 15 is 0 Å². The number of nitrogen functional groups attached to an aromatic ring is 1. The third kappa shape index (κ3) is 3.81. The summed E-state index contributed by atoms with van der Waals surface area (Å²) in [4.78, 5) is -0.566. The second kappa shape index (κ2) is 6.33. The minimum atomic E-state index is -3.99. The Balaban J connectivity index is 2.91. The Hall–Kier alpha value is -0.890. The predicted molar refractivity (Wildman–Crippen MR) is 67.5 cm³/mol. The molecule has 0 aliphatic rings. The number of nitrogens with two attached hydrogens (primary N) is 1. The summed E-state index contributed by atoms with van der Waals surface area (Å²) < 4.78 is 44.4. The molecule has 0 heterocycles. The van der Waals surface area contributed by atoms with Crippen LogP contribution in [0.25, 0.3) is 0 Å². The van der Waals surface area contributed by atoms with Gasteiger partial charge in [0.1, 0.15) is 4.90 Å². The highest BCUT2D eigenvalue weighted by atomic mass is 35.5. The first-order chi connectivity index (χ1) is 8.38. The van der Waals surface area contributed by atoms with Gasteiger partial charge < -0.3 is 10.5 Å². The van der Waals surface area contributed by atoms with Gasteiger partial charge in [0.2, 0.25) is 10.0 Å². The summed E-state index contributed by atoms with van der Waals surface area (Å²) in [5, 5.41) is 0.0547. The molecule has 0 unspecified atom stereocenters. The Bertz CT molecular complexity index is 522. The standard InChI is InChI=1S/C10H14ClFN2O3S/c1-2-17-4-3-14-18(15,16)9-6-7(11)5-8(13)10(9)12/h5-6,14H,2-4,13H2,1H3. The van der Waals surface area contributed by atoms with Crippen LogP contribution in [-0.2, 0) is 14.8 Å². The molecule has 0 amide bonds. The summed E-state index contributed by atoms with van der Waals surface area (Å²) in [5.74, 6) is -1.01. The molecule has 1 aromatic carbocycles. The number of rotatable bonds is 6. The average molecular weight is 297 g/mol. The lowest BCUT2D eigenvalue weighted by molar-refractivity contribution is 0.153. The fourth-order valence-corrected chi connectivity index (χ4v) is 2.69. The van der Waals surface area contributed by atoms with Crippen molar-refractivity contribution in [1.29, 1.82) is 0 Å². The van der Waals surface area contributed by atoms with Gasteiger partial charge in [-0.3, -0.25) is 0 Å². The minimum absolute atomic E-state index is 0.0437. The van der Waals surface area contributed by atoms with E-state index in [1.54, 1.807) is 6.92 Å². The molecule has 1 rings (SSSR count). The summed E-state index contributed by atoms with van der Waals surface area (Å²) in [7, 11) is -3.99. The second-order valence-corrected chi connectivity index (χ2v) is 5.57. The maximum absolute atomic E-state index is 13.6. The first-order valence-corrected chi connectivity index (χ1v) is 7.06. The normalized spacial score (nSPS) is 11.7. The van der Waals surface area contributed by atoms with Crippen LogP contribution in [0.2, 0.25) is 5.02 Å². The van der Waals surface area contributed by atoms with Crippen molar-refractivity contribution < 1.29 is 17.5 Å². The Kier molecular flexibility index (Phi) is 5.33. The van der Waals surface area contributed by atoms with Crippen LogP contribution in [0.3, 0.4) is 0 Å². The average Bonchev–Trinajstić information content (AvgIpc) is 2.29. The van der Waals surface area contributed by atoms with Gasteiger partial charge >= 0.3 is 0 Å². The molecule has 0 aliphatic heterocycles. The van der Waals surface area contributed by atoms with E-state index in [9.17, 15) is 12.8 Å². The van der Waals surface area contributed by atoms with Gasteiger partial charge in [0.15, 0.2) is 5.82 Å². The number of sulfonamides is 1. The van der Waals surface area contributed by atoms with Crippen molar-refractivity contribution in [2.24, 2.45) is 0 Å². The van der Waals surface area contributed by atoms with E-state index < -0.39 is 20.7 Å². The van der Waals surface area contributed by atoms with E-state index in [0.29, 0.717) is 6.61 Å². The molecule has 5 nitrogen and oxygen atoms in total. The molecule has 0 bridgehead atoms. The number of halogens is 2. The Morgan fingerprint density at radius 2 is 2.17 bits per heavy atom. The zero-order valence-corrected chi connectivity index (χ0v) is 11.3. The van der Waals surface area contributed by atoms with Crippen LogP contribution in [0, 0.1) is 5.82 Å².